The first-order chi connectivity index (χ1) is 59.5. The van der Waals surface area contributed by atoms with Crippen LogP contribution in [0.3, 0.4) is 0 Å². The fraction of sp³-hybridized carbons (Fsp3) is 0.269. The first-order valence-corrected chi connectivity index (χ1v) is 48.4. The van der Waals surface area contributed by atoms with Crippen molar-refractivity contribution in [3.8, 4) is 12.1 Å². The van der Waals surface area contributed by atoms with E-state index in [1.807, 2.05) is 140 Å². The number of carbonyl (C=O) groups excluding carboxylic acids is 2. The quantitative estimate of drug-likeness (QED) is 0.0248. The van der Waals surface area contributed by atoms with Gasteiger partial charge in [0.05, 0.1) is 60.5 Å². The van der Waals surface area contributed by atoms with Crippen LogP contribution in [-0.4, -0.2) is 108 Å². The molecule has 0 saturated heterocycles. The highest BCUT2D eigenvalue weighted by Crippen LogP contribution is 2.41. The summed E-state index contributed by atoms with van der Waals surface area (Å²) in [7, 11) is 3.11. The van der Waals surface area contributed by atoms with Crippen LogP contribution in [0.25, 0.3) is 10.8 Å². The Kier molecular flexibility index (Phi) is 60.2. The van der Waals surface area contributed by atoms with Crippen LogP contribution in [0.4, 0.5) is 0 Å². The smallest absolute Gasteiger partial charge is 0.316 e. The molecule has 0 radical (unpaired) electrons. The summed E-state index contributed by atoms with van der Waals surface area (Å²) >= 11 is 54.9. The highest BCUT2D eigenvalue weighted by molar-refractivity contribution is 8.26. The fourth-order valence-corrected chi connectivity index (χ4v) is 20.7. The average Bonchev–Trinajstić information content (AvgIpc) is 0.801. The molecule has 2 atom stereocenters. The van der Waals surface area contributed by atoms with Crippen LogP contribution in [0.5, 0.6) is 0 Å². The zero-order valence-corrected chi connectivity index (χ0v) is 82.1. The third-order valence-corrected chi connectivity index (χ3v) is 29.1. The van der Waals surface area contributed by atoms with E-state index in [1.54, 1.807) is 75.1 Å². The van der Waals surface area contributed by atoms with Crippen molar-refractivity contribution < 1.29 is 38.4 Å². The second-order valence-corrected chi connectivity index (χ2v) is 42.6. The molecule has 0 fully saturated rings. The van der Waals surface area contributed by atoms with E-state index >= 15 is 0 Å². The number of aliphatic carboxylic acids is 1. The number of nitrogens with zero attached hydrogens (tertiary/aromatic N) is 2. The van der Waals surface area contributed by atoms with E-state index in [1.165, 1.54) is 68.3 Å². The predicted molar refractivity (Wildman–Crippen MR) is 594 cm³/mol. The summed E-state index contributed by atoms with van der Waals surface area (Å²) in [5.41, 5.74) is 12.3. The number of carboxylic acids is 1. The van der Waals surface area contributed by atoms with E-state index < -0.39 is 15.5 Å². The Bertz CT molecular complexity index is 5230. The molecule has 0 spiro atoms. The summed E-state index contributed by atoms with van der Waals surface area (Å²) in [6.45, 7) is 13.6. The van der Waals surface area contributed by atoms with Gasteiger partial charge in [-0.2, -0.15) is 10.5 Å². The largest absolute Gasteiger partial charge is 0.481 e. The predicted octanol–water partition coefficient (Wildman–Crippen LogP) is 30.8. The summed E-state index contributed by atoms with van der Waals surface area (Å²) < 4.78 is 23.5. The molecule has 0 bridgehead atoms. The third-order valence-electron chi connectivity index (χ3n) is 17.7. The Morgan fingerprint density at radius 3 is 1.06 bits per heavy atom. The van der Waals surface area contributed by atoms with Crippen molar-refractivity contribution >= 4 is 238 Å². The minimum absolute atomic E-state index is 0. The lowest BCUT2D eigenvalue weighted by atomic mass is 10.0. The summed E-state index contributed by atoms with van der Waals surface area (Å²) in [5.74, 6) is 0.523. The molecular formula is C104H117ClN2O8S14. The van der Waals surface area contributed by atoms with E-state index in [2.05, 4.69) is 204 Å². The summed E-state index contributed by atoms with van der Waals surface area (Å²) in [6.07, 6.45) is 0.802. The standard InChI is InChI=1S/C22H18S4.C20H18S2.C16H15ClS2.C16H19NO3S2.C13H13NO2S2.C12H14O3S2.5CH4/c23-21(25-15-17-7-3-1-4-8-17)19-11-13-20(14-12-19)22(24)26-16-18-9-5-2-6-10-18;1-20(2,16-11-4-3-5-12-16)22-19(21)18-14-8-10-15-9-6-7-13-17(15)18;1-16(2,13-6-4-3-5-7-13)19-15(18)12-8-10-14(17)11-9-12;1-16(12-17,9-8-14(18)20-11-10-19-2)22-15(21)13-6-4-3-5-7-13;1-13(9-14,8-7-11(15)16)18-12(17)10-5-3-2-4-6-10;1-14-7-8-15-11(13)9-17-12(16)10-5-3-2-4-6-10;;;;;/h1-14H,15-16H2;3-14H,1-2H3;3-11H,1-2H3;3-7H,8-11H2,1-2H3;2-6H,7-8H2,1H3,(H,15,16);2-6H,7-9H2,1H3;5*1H4. The van der Waals surface area contributed by atoms with Gasteiger partial charge in [0.2, 0.25) is 0 Å². The molecule has 0 aromatic heterocycles. The number of thiocarbonyl (C=S) groups is 7. The fourth-order valence-electron chi connectivity index (χ4n) is 10.7. The normalized spacial score (nSPS) is 11.1. The van der Waals surface area contributed by atoms with Crippen molar-refractivity contribution in [1.82, 2.24) is 0 Å². The Hall–Kier alpha value is -7.64. The molecule has 0 amide bonds. The van der Waals surface area contributed by atoms with E-state index in [-0.39, 0.29) is 96.8 Å². The lowest BCUT2D eigenvalue weighted by Gasteiger charge is -2.25. The first kappa shape index (κ1) is 119. The van der Waals surface area contributed by atoms with Crippen molar-refractivity contribution in [2.45, 2.75) is 135 Å². The van der Waals surface area contributed by atoms with Gasteiger partial charge < -0.3 is 24.1 Å². The van der Waals surface area contributed by atoms with Crippen molar-refractivity contribution in [1.29, 1.82) is 10.5 Å². The second kappa shape index (κ2) is 65.0. The molecule has 11 aromatic carbocycles. The lowest BCUT2D eigenvalue weighted by molar-refractivity contribution is -0.145. The van der Waals surface area contributed by atoms with Gasteiger partial charge >= 0.3 is 17.9 Å². The second-order valence-electron chi connectivity index (χ2n) is 28.2. The number of esters is 2. The van der Waals surface area contributed by atoms with Crippen LogP contribution in [0.1, 0.15) is 166 Å². The van der Waals surface area contributed by atoms with Gasteiger partial charge in [-0.25, -0.2) is 0 Å². The number of halogens is 1. The molecule has 25 heteroatoms. The van der Waals surface area contributed by atoms with E-state index in [0.29, 0.717) is 32.2 Å². The molecule has 0 aliphatic rings. The maximum atomic E-state index is 11.6. The summed E-state index contributed by atoms with van der Waals surface area (Å²) in [5, 5.41) is 30.4. The number of thioether (sulfide) groups is 7. The van der Waals surface area contributed by atoms with Crippen molar-refractivity contribution in [2.75, 3.05) is 46.4 Å². The maximum absolute atomic E-state index is 11.6. The number of nitriles is 2. The van der Waals surface area contributed by atoms with Gasteiger partial charge in [0.1, 0.15) is 22.7 Å². The van der Waals surface area contributed by atoms with Crippen molar-refractivity contribution in [3.05, 3.63) is 370 Å². The molecule has 0 aliphatic carbocycles. The number of carboxylic acid groups (broad SMARTS) is 1. The molecule has 11 rings (SSSR count). The molecule has 1 N–H and O–H groups in total. The number of rotatable bonds is 31. The number of carbonyl (C=O) groups is 3. The van der Waals surface area contributed by atoms with E-state index in [0.717, 1.165) is 72.3 Å². The molecular weight excluding hydrogens is 1890 g/mol. The van der Waals surface area contributed by atoms with Crippen molar-refractivity contribution in [2.24, 2.45) is 0 Å². The van der Waals surface area contributed by atoms with Crippen LogP contribution in [0.2, 0.25) is 5.02 Å². The molecule has 10 nitrogen and oxygen atoms in total. The monoisotopic (exact) mass is 2000 g/mol. The number of methoxy groups -OCH3 is 2. The maximum Gasteiger partial charge on any atom is 0.316 e. The molecule has 2 unspecified atom stereocenters. The van der Waals surface area contributed by atoms with Crippen LogP contribution in [0.15, 0.2) is 303 Å². The number of hydrogen-bond donors (Lipinski definition) is 1. The zero-order chi connectivity index (χ0) is 90.2. The van der Waals surface area contributed by atoms with Crippen LogP contribution >= 0.6 is 179 Å². The number of hydrogen-bond acceptors (Lipinski definition) is 23. The van der Waals surface area contributed by atoms with Gasteiger partial charge in [0.15, 0.2) is 0 Å². The SMILES string of the molecule is C.C.C.C.C.CC(C#N)(CCC(=O)O)SC(=S)c1ccccc1.CC(C)(SC(=S)c1ccc(Cl)cc1)c1ccccc1.CC(C)(SC(=S)c1cccc2ccccc12)c1ccccc1.COCCOC(=O)CCC(C)(C#N)SC(=S)c1ccccc1.COCCOC(=O)CSC(=S)c1ccccc1.S=C(SCc1ccccc1)c1ccc(C(=S)SCc2ccccc2)cc1. The van der Waals surface area contributed by atoms with Crippen LogP contribution in [0, 0.1) is 22.7 Å². The zero-order valence-electron chi connectivity index (χ0n) is 69.9. The summed E-state index contributed by atoms with van der Waals surface area (Å²) in [6, 6.07) is 105. The molecule has 11 aromatic rings. The van der Waals surface area contributed by atoms with Gasteiger partial charge in [0.25, 0.3) is 0 Å². The molecule has 0 aliphatic heterocycles. The Labute approximate surface area is 840 Å². The Balaban J connectivity index is 0.000000772. The molecule has 129 heavy (non-hydrogen) atoms. The van der Waals surface area contributed by atoms with Crippen molar-refractivity contribution in [3.63, 3.8) is 0 Å². The molecule has 0 heterocycles. The minimum atomic E-state index is -0.900. The van der Waals surface area contributed by atoms with Gasteiger partial charge in [-0.3, -0.25) is 14.4 Å². The van der Waals surface area contributed by atoms with Gasteiger partial charge in [-0.1, -0.05) is 449 Å². The molecule has 682 valence electrons. The average molecular weight is 2010 g/mol. The number of fused-ring (bicyclic) bond motifs is 1. The number of ether oxygens (including phenoxy) is 4. The van der Waals surface area contributed by atoms with Gasteiger partial charge in [0, 0.05) is 58.6 Å². The third kappa shape index (κ3) is 45.6. The highest BCUT2D eigenvalue weighted by Gasteiger charge is 2.31. The highest BCUT2D eigenvalue weighted by atomic mass is 35.5. The molecule has 0 saturated carbocycles. The Morgan fingerprint density at radius 1 is 0.357 bits per heavy atom. The Morgan fingerprint density at radius 2 is 0.667 bits per heavy atom. The van der Waals surface area contributed by atoms with E-state index in [4.69, 9.17) is 121 Å². The lowest BCUT2D eigenvalue weighted by Crippen LogP contribution is -2.22. The van der Waals surface area contributed by atoms with E-state index in [9.17, 15) is 24.9 Å². The summed E-state index contributed by atoms with van der Waals surface area (Å²) in [4.78, 5) is 33.5. The topological polar surface area (TPSA) is 156 Å². The van der Waals surface area contributed by atoms with Gasteiger partial charge in [-0.15, -0.1) is 58.8 Å². The minimum Gasteiger partial charge on any atom is -0.481 e. The van der Waals surface area contributed by atoms with Gasteiger partial charge in [-0.05, 0) is 133 Å². The number of benzene rings is 11. The first-order valence-electron chi connectivity index (χ1n) is 39.0. The van der Waals surface area contributed by atoms with Crippen LogP contribution < -0.4 is 0 Å². The van der Waals surface area contributed by atoms with Crippen LogP contribution in [-0.2, 0) is 54.3 Å².